The molecule has 1 aromatic heterocycles. The molecular weight excluding hydrogens is 270 g/mol. The summed E-state index contributed by atoms with van der Waals surface area (Å²) in [6, 6.07) is -2.49. The highest BCUT2D eigenvalue weighted by Gasteiger charge is 2.22. The molecule has 110 valence electrons. The van der Waals surface area contributed by atoms with Gasteiger partial charge in [-0.05, 0) is 13.3 Å². The molecule has 1 rings (SSSR count). The second-order valence-corrected chi connectivity index (χ2v) is 4.01. The normalized spacial score (nSPS) is 13.2. The molecule has 6 N–H and O–H groups in total. The van der Waals surface area contributed by atoms with Gasteiger partial charge in [0.1, 0.15) is 6.04 Å². The number of carboxylic acids is 1. The number of H-pyrrole nitrogens is 1. The Morgan fingerprint density at radius 2 is 2.10 bits per heavy atom. The lowest BCUT2D eigenvalue weighted by Gasteiger charge is -2.16. The molecule has 1 aromatic rings. The van der Waals surface area contributed by atoms with Gasteiger partial charge in [-0.25, -0.2) is 9.59 Å². The monoisotopic (exact) mass is 285 g/mol. The van der Waals surface area contributed by atoms with Gasteiger partial charge in [-0.3, -0.25) is 4.79 Å². The molecular formula is C9H15N7O4. The molecule has 0 saturated carbocycles. The lowest BCUT2D eigenvalue weighted by atomic mass is 10.1. The average Bonchev–Trinajstić information content (AvgIpc) is 2.87. The van der Waals surface area contributed by atoms with Crippen LogP contribution in [0.1, 0.15) is 31.6 Å². The van der Waals surface area contributed by atoms with Crippen LogP contribution in [0.25, 0.3) is 0 Å². The molecule has 0 aliphatic heterocycles. The summed E-state index contributed by atoms with van der Waals surface area (Å²) in [6.45, 7) is 1.60. The van der Waals surface area contributed by atoms with E-state index >= 15 is 0 Å². The minimum Gasteiger partial charge on any atom is -0.480 e. The average molecular weight is 285 g/mol. The number of hydrogen-bond donors (Lipinski definition) is 5. The molecule has 0 spiro atoms. The van der Waals surface area contributed by atoms with Crippen molar-refractivity contribution < 1.29 is 19.5 Å². The highest BCUT2D eigenvalue weighted by molar-refractivity contribution is 5.83. The summed E-state index contributed by atoms with van der Waals surface area (Å²) in [5.74, 6) is -1.64. The van der Waals surface area contributed by atoms with E-state index < -0.39 is 30.0 Å². The van der Waals surface area contributed by atoms with E-state index in [4.69, 9.17) is 10.8 Å². The first-order chi connectivity index (χ1) is 9.40. The molecule has 1 heterocycles. The maximum atomic E-state index is 11.6. The van der Waals surface area contributed by atoms with Crippen LogP contribution >= 0.6 is 0 Å². The Labute approximate surface area is 113 Å². The van der Waals surface area contributed by atoms with Gasteiger partial charge in [0.05, 0.1) is 6.04 Å². The summed E-state index contributed by atoms with van der Waals surface area (Å²) >= 11 is 0. The van der Waals surface area contributed by atoms with Crippen molar-refractivity contribution in [2.24, 2.45) is 5.73 Å². The van der Waals surface area contributed by atoms with E-state index in [0.717, 1.165) is 0 Å². The van der Waals surface area contributed by atoms with Crippen LogP contribution in [0.5, 0.6) is 0 Å². The molecule has 0 aliphatic carbocycles. The van der Waals surface area contributed by atoms with Crippen LogP contribution in [0.3, 0.4) is 0 Å². The number of hydrogen-bond acceptors (Lipinski definition) is 6. The number of tetrazole rings is 1. The summed E-state index contributed by atoms with van der Waals surface area (Å²) in [5, 5.41) is 26.5. The van der Waals surface area contributed by atoms with E-state index in [2.05, 4.69) is 31.3 Å². The molecule has 0 bridgehead atoms. The maximum Gasteiger partial charge on any atom is 0.326 e. The number of carboxylic acid groups (broad SMARTS) is 1. The van der Waals surface area contributed by atoms with Gasteiger partial charge in [0.15, 0.2) is 5.82 Å². The Bertz CT molecular complexity index is 475. The number of aliphatic carboxylic acids is 1. The van der Waals surface area contributed by atoms with E-state index in [1.165, 1.54) is 0 Å². The molecule has 2 atom stereocenters. The number of carbonyl (C=O) groups excluding carboxylic acids is 2. The van der Waals surface area contributed by atoms with Crippen molar-refractivity contribution in [1.29, 1.82) is 0 Å². The molecule has 0 saturated heterocycles. The zero-order valence-corrected chi connectivity index (χ0v) is 10.7. The van der Waals surface area contributed by atoms with Crippen molar-refractivity contribution in [3.8, 4) is 0 Å². The first-order valence-corrected chi connectivity index (χ1v) is 5.71. The fraction of sp³-hybridized carbons (Fsp3) is 0.556. The van der Waals surface area contributed by atoms with Gasteiger partial charge in [0.2, 0.25) is 5.91 Å². The molecule has 0 fully saturated rings. The Morgan fingerprint density at radius 3 is 2.60 bits per heavy atom. The highest BCUT2D eigenvalue weighted by Crippen LogP contribution is 2.03. The quantitative estimate of drug-likeness (QED) is 0.395. The summed E-state index contributed by atoms with van der Waals surface area (Å²) < 4.78 is 0. The van der Waals surface area contributed by atoms with Crippen molar-refractivity contribution in [3.63, 3.8) is 0 Å². The third-order valence-electron chi connectivity index (χ3n) is 2.38. The van der Waals surface area contributed by atoms with Crippen LogP contribution in [0.4, 0.5) is 4.79 Å². The zero-order valence-electron chi connectivity index (χ0n) is 10.7. The van der Waals surface area contributed by atoms with E-state index in [0.29, 0.717) is 0 Å². The van der Waals surface area contributed by atoms with Crippen LogP contribution in [0.2, 0.25) is 0 Å². The molecule has 0 radical (unpaired) electrons. The minimum absolute atomic E-state index is 0.0886. The first kappa shape index (κ1) is 15.3. The van der Waals surface area contributed by atoms with E-state index in [1.807, 2.05) is 0 Å². The van der Waals surface area contributed by atoms with Crippen LogP contribution in [0, 0.1) is 0 Å². The molecule has 11 heteroatoms. The van der Waals surface area contributed by atoms with Gasteiger partial charge in [-0.15, -0.1) is 10.2 Å². The molecule has 11 nitrogen and oxygen atoms in total. The van der Waals surface area contributed by atoms with E-state index in [1.54, 1.807) is 6.92 Å². The van der Waals surface area contributed by atoms with Gasteiger partial charge in [-0.1, -0.05) is 5.21 Å². The summed E-state index contributed by atoms with van der Waals surface area (Å²) in [5.41, 5.74) is 4.93. The Morgan fingerprint density at radius 1 is 1.40 bits per heavy atom. The van der Waals surface area contributed by atoms with Crippen LogP contribution < -0.4 is 16.4 Å². The fourth-order valence-corrected chi connectivity index (χ4v) is 1.36. The Hall–Kier alpha value is -2.72. The summed E-state index contributed by atoms with van der Waals surface area (Å²) in [6.07, 6.45) is -0.230. The number of aromatic amines is 1. The maximum absolute atomic E-state index is 11.6. The topological polar surface area (TPSA) is 176 Å². The Kier molecular flexibility index (Phi) is 5.38. The Balaban J connectivity index is 2.49. The lowest BCUT2D eigenvalue weighted by molar-refractivity contribution is -0.139. The van der Waals surface area contributed by atoms with Crippen molar-refractivity contribution in [3.05, 3.63) is 5.82 Å². The number of nitrogens with one attached hydrogen (secondary N) is 3. The summed E-state index contributed by atoms with van der Waals surface area (Å²) in [4.78, 5) is 33.2. The number of aromatic nitrogens is 4. The zero-order chi connectivity index (χ0) is 15.1. The number of amides is 3. The SMILES string of the molecule is CC(NC(=O)NC(CCC(N)=O)C(=O)O)c1nn[nH]n1. The van der Waals surface area contributed by atoms with Crippen LogP contribution in [0.15, 0.2) is 0 Å². The second kappa shape index (κ2) is 7.01. The lowest BCUT2D eigenvalue weighted by Crippen LogP contribution is -2.47. The number of nitrogens with zero attached hydrogens (tertiary/aromatic N) is 3. The van der Waals surface area contributed by atoms with Gasteiger partial charge in [0, 0.05) is 6.42 Å². The van der Waals surface area contributed by atoms with Crippen molar-refractivity contribution in [1.82, 2.24) is 31.3 Å². The van der Waals surface area contributed by atoms with Crippen molar-refractivity contribution in [2.45, 2.75) is 31.8 Å². The van der Waals surface area contributed by atoms with Crippen molar-refractivity contribution >= 4 is 17.9 Å². The van der Waals surface area contributed by atoms with Gasteiger partial charge < -0.3 is 21.5 Å². The number of carbonyl (C=O) groups is 3. The number of rotatable bonds is 7. The van der Waals surface area contributed by atoms with Gasteiger partial charge in [-0.2, -0.15) is 5.21 Å². The largest absolute Gasteiger partial charge is 0.480 e. The molecule has 0 aromatic carbocycles. The molecule has 0 aliphatic rings. The van der Waals surface area contributed by atoms with Gasteiger partial charge in [0.25, 0.3) is 0 Å². The minimum atomic E-state index is -1.26. The molecule has 20 heavy (non-hydrogen) atoms. The van der Waals surface area contributed by atoms with Gasteiger partial charge >= 0.3 is 12.0 Å². The third-order valence-corrected chi connectivity index (χ3v) is 2.38. The first-order valence-electron chi connectivity index (χ1n) is 5.71. The third kappa shape index (κ3) is 4.88. The molecule has 2 unspecified atom stereocenters. The number of nitrogens with two attached hydrogens (primary N) is 1. The molecule has 3 amide bonds. The van der Waals surface area contributed by atoms with Crippen LogP contribution in [-0.4, -0.2) is 49.7 Å². The predicted octanol–water partition coefficient (Wildman–Crippen LogP) is -1.72. The summed E-state index contributed by atoms with van der Waals surface area (Å²) in [7, 11) is 0. The second-order valence-electron chi connectivity index (χ2n) is 4.01. The predicted molar refractivity (Wildman–Crippen MR) is 64.1 cm³/mol. The van der Waals surface area contributed by atoms with Crippen LogP contribution in [-0.2, 0) is 9.59 Å². The standard InChI is InChI=1S/C9H15N7O4/c1-4(7-13-15-16-14-7)11-9(20)12-5(8(18)19)2-3-6(10)17/h4-5H,2-3H2,1H3,(H2,10,17)(H,18,19)(H2,11,12,20)(H,13,14,15,16). The van der Waals surface area contributed by atoms with E-state index in [-0.39, 0.29) is 18.7 Å². The smallest absolute Gasteiger partial charge is 0.326 e. The number of urea groups is 1. The number of primary amides is 1. The highest BCUT2D eigenvalue weighted by atomic mass is 16.4. The fourth-order valence-electron chi connectivity index (χ4n) is 1.36. The van der Waals surface area contributed by atoms with E-state index in [9.17, 15) is 14.4 Å². The van der Waals surface area contributed by atoms with Crippen molar-refractivity contribution in [2.75, 3.05) is 0 Å².